The van der Waals surface area contributed by atoms with E-state index in [4.69, 9.17) is 5.11 Å². The number of hydrogen-bond donors (Lipinski definition) is 2. The van der Waals surface area contributed by atoms with Crippen molar-refractivity contribution in [3.8, 4) is 0 Å². The van der Waals surface area contributed by atoms with Gasteiger partial charge in [-0.15, -0.1) is 0 Å². The fraction of sp³-hybridized carbons (Fsp3) is 0.615. The standard InChI is InChI=1S/C13H20N2O5S/c1-13(18)4-3-6-15(7-5-13)21(19,20)10-8-11(12(16)17)14(2)9-10/h8-9,18H,3-7H2,1-2H3,(H,16,17). The van der Waals surface area contributed by atoms with Crippen molar-refractivity contribution in [3.05, 3.63) is 18.0 Å². The van der Waals surface area contributed by atoms with Gasteiger partial charge in [-0.25, -0.2) is 13.2 Å². The smallest absolute Gasteiger partial charge is 0.352 e. The zero-order valence-electron chi connectivity index (χ0n) is 12.1. The van der Waals surface area contributed by atoms with Gasteiger partial charge >= 0.3 is 5.97 Å². The van der Waals surface area contributed by atoms with Crippen LogP contribution in [0.5, 0.6) is 0 Å². The fourth-order valence-corrected chi connectivity index (χ4v) is 4.07. The summed E-state index contributed by atoms with van der Waals surface area (Å²) < 4.78 is 27.8. The van der Waals surface area contributed by atoms with Gasteiger partial charge in [0.1, 0.15) is 10.6 Å². The van der Waals surface area contributed by atoms with Crippen LogP contribution in [0.15, 0.2) is 17.2 Å². The molecule has 0 aromatic carbocycles. The van der Waals surface area contributed by atoms with Crippen molar-refractivity contribution in [2.75, 3.05) is 13.1 Å². The molecule has 1 saturated heterocycles. The number of aryl methyl sites for hydroxylation is 1. The molecule has 1 fully saturated rings. The monoisotopic (exact) mass is 316 g/mol. The van der Waals surface area contributed by atoms with E-state index in [0.29, 0.717) is 25.8 Å². The first-order valence-corrected chi connectivity index (χ1v) is 8.20. The molecule has 0 amide bonds. The van der Waals surface area contributed by atoms with E-state index in [1.807, 2.05) is 0 Å². The topological polar surface area (TPSA) is 99.8 Å². The number of nitrogens with zero attached hydrogens (tertiary/aromatic N) is 2. The zero-order chi connectivity index (χ0) is 15.8. The van der Waals surface area contributed by atoms with Crippen molar-refractivity contribution < 1.29 is 23.4 Å². The second-order valence-electron chi connectivity index (χ2n) is 5.73. The van der Waals surface area contributed by atoms with Gasteiger partial charge in [0.25, 0.3) is 0 Å². The van der Waals surface area contributed by atoms with Crippen LogP contribution in [0, 0.1) is 0 Å². The second kappa shape index (κ2) is 5.43. The number of rotatable bonds is 3. The molecule has 2 rings (SSSR count). The third kappa shape index (κ3) is 3.28. The van der Waals surface area contributed by atoms with Gasteiger partial charge in [0.05, 0.1) is 5.60 Å². The van der Waals surface area contributed by atoms with E-state index < -0.39 is 21.6 Å². The van der Waals surface area contributed by atoms with Gasteiger partial charge in [0.15, 0.2) is 0 Å². The fourth-order valence-electron chi connectivity index (χ4n) is 2.52. The quantitative estimate of drug-likeness (QED) is 0.853. The Morgan fingerprint density at radius 1 is 1.33 bits per heavy atom. The third-order valence-electron chi connectivity index (χ3n) is 3.86. The maximum Gasteiger partial charge on any atom is 0.352 e. The van der Waals surface area contributed by atoms with Crippen molar-refractivity contribution in [2.45, 2.75) is 36.7 Å². The van der Waals surface area contributed by atoms with Gasteiger partial charge < -0.3 is 14.8 Å². The van der Waals surface area contributed by atoms with Crippen LogP contribution >= 0.6 is 0 Å². The van der Waals surface area contributed by atoms with Crippen LogP contribution in [0.25, 0.3) is 0 Å². The van der Waals surface area contributed by atoms with E-state index >= 15 is 0 Å². The van der Waals surface area contributed by atoms with Gasteiger partial charge in [-0.2, -0.15) is 4.31 Å². The minimum atomic E-state index is -3.73. The average molecular weight is 316 g/mol. The largest absolute Gasteiger partial charge is 0.477 e. The Labute approximate surface area is 123 Å². The molecule has 118 valence electrons. The van der Waals surface area contributed by atoms with Crippen molar-refractivity contribution in [1.29, 1.82) is 0 Å². The van der Waals surface area contributed by atoms with Crippen LogP contribution in [0.2, 0.25) is 0 Å². The number of carboxylic acid groups (broad SMARTS) is 1. The Hall–Kier alpha value is -1.38. The number of aromatic carboxylic acids is 1. The van der Waals surface area contributed by atoms with Gasteiger partial charge in [0, 0.05) is 26.3 Å². The summed E-state index contributed by atoms with van der Waals surface area (Å²) in [7, 11) is -2.24. The lowest BCUT2D eigenvalue weighted by molar-refractivity contribution is 0.0465. The SMILES string of the molecule is Cn1cc(S(=O)(=O)N2CCCC(C)(O)CC2)cc1C(=O)O. The van der Waals surface area contributed by atoms with Crippen LogP contribution in [0.4, 0.5) is 0 Å². The molecule has 0 spiro atoms. The Morgan fingerprint density at radius 2 is 2.00 bits per heavy atom. The molecule has 1 aliphatic heterocycles. The number of sulfonamides is 1. The lowest BCUT2D eigenvalue weighted by atomic mass is 9.98. The summed E-state index contributed by atoms with van der Waals surface area (Å²) in [5.41, 5.74) is -0.928. The van der Waals surface area contributed by atoms with E-state index in [-0.39, 0.29) is 17.1 Å². The van der Waals surface area contributed by atoms with Crippen LogP contribution in [0.3, 0.4) is 0 Å². The first-order chi connectivity index (χ1) is 9.63. The summed E-state index contributed by atoms with van der Waals surface area (Å²) in [6.07, 6.45) is 2.80. The maximum atomic E-state index is 12.6. The van der Waals surface area contributed by atoms with Crippen molar-refractivity contribution in [3.63, 3.8) is 0 Å². The summed E-state index contributed by atoms with van der Waals surface area (Å²) in [6.45, 7) is 2.26. The highest BCUT2D eigenvalue weighted by molar-refractivity contribution is 7.89. The lowest BCUT2D eigenvalue weighted by Gasteiger charge is -2.21. The number of aromatic nitrogens is 1. The van der Waals surface area contributed by atoms with E-state index in [1.54, 1.807) is 6.92 Å². The summed E-state index contributed by atoms with van der Waals surface area (Å²) in [4.78, 5) is 11.0. The molecule has 1 atom stereocenters. The molecule has 7 nitrogen and oxygen atoms in total. The Kier molecular flexibility index (Phi) is 4.14. The number of hydrogen-bond acceptors (Lipinski definition) is 4. The molecule has 2 heterocycles. The summed E-state index contributed by atoms with van der Waals surface area (Å²) >= 11 is 0. The highest BCUT2D eigenvalue weighted by Gasteiger charge is 2.32. The molecule has 1 aliphatic rings. The number of carbonyl (C=O) groups is 1. The molecule has 0 saturated carbocycles. The minimum absolute atomic E-state index is 0.0241. The highest BCUT2D eigenvalue weighted by atomic mass is 32.2. The van der Waals surface area contributed by atoms with Gasteiger partial charge in [-0.3, -0.25) is 0 Å². The molecular weight excluding hydrogens is 296 g/mol. The molecule has 2 N–H and O–H groups in total. The van der Waals surface area contributed by atoms with Crippen molar-refractivity contribution in [1.82, 2.24) is 8.87 Å². The summed E-state index contributed by atoms with van der Waals surface area (Å²) in [5.74, 6) is -1.17. The first-order valence-electron chi connectivity index (χ1n) is 6.76. The van der Waals surface area contributed by atoms with E-state index in [0.717, 1.165) is 0 Å². The van der Waals surface area contributed by atoms with Crippen molar-refractivity contribution in [2.24, 2.45) is 7.05 Å². The zero-order valence-corrected chi connectivity index (χ0v) is 12.9. The Morgan fingerprint density at radius 3 is 2.57 bits per heavy atom. The molecule has 8 heteroatoms. The maximum absolute atomic E-state index is 12.6. The molecule has 21 heavy (non-hydrogen) atoms. The highest BCUT2D eigenvalue weighted by Crippen LogP contribution is 2.26. The van der Waals surface area contributed by atoms with Crippen LogP contribution < -0.4 is 0 Å². The molecule has 0 aliphatic carbocycles. The molecule has 1 aromatic rings. The van der Waals surface area contributed by atoms with Crippen LogP contribution in [0.1, 0.15) is 36.7 Å². The normalized spacial score (nSPS) is 24.7. The molecule has 0 bridgehead atoms. The number of carboxylic acids is 1. The van der Waals surface area contributed by atoms with Gasteiger partial charge in [-0.05, 0) is 32.3 Å². The summed E-state index contributed by atoms with van der Waals surface area (Å²) in [6, 6.07) is 1.17. The van der Waals surface area contributed by atoms with Gasteiger partial charge in [-0.1, -0.05) is 0 Å². The molecule has 1 unspecified atom stereocenters. The predicted molar refractivity (Wildman–Crippen MR) is 75.6 cm³/mol. The third-order valence-corrected chi connectivity index (χ3v) is 5.72. The lowest BCUT2D eigenvalue weighted by Crippen LogP contribution is -2.33. The van der Waals surface area contributed by atoms with Gasteiger partial charge in [0.2, 0.25) is 10.0 Å². The van der Waals surface area contributed by atoms with E-state index in [2.05, 4.69) is 0 Å². The molecule has 0 radical (unpaired) electrons. The van der Waals surface area contributed by atoms with E-state index in [9.17, 15) is 18.3 Å². The van der Waals surface area contributed by atoms with Crippen molar-refractivity contribution >= 4 is 16.0 Å². The Bertz CT molecular complexity index is 648. The molecular formula is C13H20N2O5S. The summed E-state index contributed by atoms with van der Waals surface area (Å²) in [5, 5.41) is 19.0. The second-order valence-corrected chi connectivity index (χ2v) is 7.67. The first kappa shape index (κ1) is 16.0. The minimum Gasteiger partial charge on any atom is -0.477 e. The average Bonchev–Trinajstić information content (AvgIpc) is 2.66. The Balaban J connectivity index is 2.29. The predicted octanol–water partition coefficient (Wildman–Crippen LogP) is 0.649. The van der Waals surface area contributed by atoms with Crippen LogP contribution in [-0.2, 0) is 17.1 Å². The van der Waals surface area contributed by atoms with E-state index in [1.165, 1.54) is 28.2 Å². The van der Waals surface area contributed by atoms with Crippen LogP contribution in [-0.4, -0.2) is 52.2 Å². The number of aliphatic hydroxyl groups is 1. The molecule has 1 aromatic heterocycles.